The van der Waals surface area contributed by atoms with Crippen molar-refractivity contribution in [3.05, 3.63) is 11.3 Å². The molecule has 5 heteroatoms. The number of ketones is 1. The molecule has 1 N–H and O–H groups in total. The summed E-state index contributed by atoms with van der Waals surface area (Å²) >= 11 is 0. The molecule has 26 heavy (non-hydrogen) atoms. The highest BCUT2D eigenvalue weighted by Gasteiger charge is 2.61. The highest BCUT2D eigenvalue weighted by molar-refractivity contribution is 6.21. The lowest BCUT2D eigenvalue weighted by atomic mass is 9.39. The molecule has 4 saturated carbocycles. The lowest BCUT2D eigenvalue weighted by molar-refractivity contribution is -0.154. The molecule has 5 nitrogen and oxygen atoms in total. The second-order valence-corrected chi connectivity index (χ2v) is 10.7. The highest BCUT2D eigenvalue weighted by Crippen LogP contribution is 2.70. The fourth-order valence-electron chi connectivity index (χ4n) is 8.15. The SMILES string of the molecule is CC1OCN2C(=O)C(C(=O)CC34CC5CC(C)(CC(C)(C5)C3)C4)=C(O)C12. The van der Waals surface area contributed by atoms with Gasteiger partial charge in [0.1, 0.15) is 24.1 Å². The van der Waals surface area contributed by atoms with Crippen LogP contribution in [-0.2, 0) is 14.3 Å². The summed E-state index contributed by atoms with van der Waals surface area (Å²) in [7, 11) is 0. The van der Waals surface area contributed by atoms with E-state index in [4.69, 9.17) is 4.74 Å². The van der Waals surface area contributed by atoms with Crippen molar-refractivity contribution in [3.63, 3.8) is 0 Å². The number of Topliss-reactive ketones (excluding diaryl/α,β-unsaturated/α-hetero) is 1. The van der Waals surface area contributed by atoms with Gasteiger partial charge in [0.05, 0.1) is 6.10 Å². The molecule has 4 atom stereocenters. The molecule has 0 aromatic heterocycles. The summed E-state index contributed by atoms with van der Waals surface area (Å²) in [6.07, 6.45) is 7.28. The number of carbonyl (C=O) groups is 2. The van der Waals surface area contributed by atoms with Crippen molar-refractivity contribution in [2.75, 3.05) is 6.73 Å². The molecule has 1 saturated heterocycles. The molecule has 0 aromatic rings. The third-order valence-electron chi connectivity index (χ3n) is 7.82. The minimum Gasteiger partial charge on any atom is -0.509 e. The van der Waals surface area contributed by atoms with Crippen LogP contribution in [0.5, 0.6) is 0 Å². The fraction of sp³-hybridized carbons (Fsp3) is 0.810. The van der Waals surface area contributed by atoms with Gasteiger partial charge in [-0.25, -0.2) is 0 Å². The van der Waals surface area contributed by atoms with E-state index in [-0.39, 0.29) is 41.3 Å². The van der Waals surface area contributed by atoms with Crippen molar-refractivity contribution in [1.82, 2.24) is 4.90 Å². The highest BCUT2D eigenvalue weighted by atomic mass is 16.5. The lowest BCUT2D eigenvalue weighted by Gasteiger charge is -2.65. The molecule has 6 aliphatic rings. The largest absolute Gasteiger partial charge is 0.509 e. The maximum absolute atomic E-state index is 13.2. The predicted molar refractivity (Wildman–Crippen MR) is 95.2 cm³/mol. The van der Waals surface area contributed by atoms with Crippen LogP contribution in [0.4, 0.5) is 0 Å². The van der Waals surface area contributed by atoms with E-state index in [2.05, 4.69) is 13.8 Å². The molecule has 4 unspecified atom stereocenters. The molecule has 0 radical (unpaired) electrons. The van der Waals surface area contributed by atoms with Crippen molar-refractivity contribution >= 4 is 11.7 Å². The first kappa shape index (κ1) is 16.8. The minimum absolute atomic E-state index is 0.0166. The van der Waals surface area contributed by atoms with Gasteiger partial charge in [0.2, 0.25) is 0 Å². The number of hydrogen-bond donors (Lipinski definition) is 1. The number of nitrogens with zero attached hydrogens (tertiary/aromatic N) is 1. The van der Waals surface area contributed by atoms with Crippen LogP contribution in [0.1, 0.15) is 65.7 Å². The van der Waals surface area contributed by atoms with Crippen molar-refractivity contribution < 1.29 is 19.4 Å². The van der Waals surface area contributed by atoms with Gasteiger partial charge in [-0.3, -0.25) is 9.59 Å². The zero-order chi connectivity index (χ0) is 18.5. The zero-order valence-electron chi connectivity index (χ0n) is 16.0. The Kier molecular flexibility index (Phi) is 3.18. The second-order valence-electron chi connectivity index (χ2n) is 10.7. The number of hydrogen-bond acceptors (Lipinski definition) is 4. The van der Waals surface area contributed by atoms with Crippen molar-refractivity contribution in [3.8, 4) is 0 Å². The predicted octanol–water partition coefficient (Wildman–Crippen LogP) is 3.34. The van der Waals surface area contributed by atoms with E-state index in [1.54, 1.807) is 0 Å². The van der Waals surface area contributed by atoms with E-state index in [1.165, 1.54) is 24.2 Å². The van der Waals surface area contributed by atoms with Gasteiger partial charge < -0.3 is 14.7 Å². The Morgan fingerprint density at radius 3 is 2.42 bits per heavy atom. The standard InChI is InChI=1S/C21H29NO4/c1-12-16-17(24)15(18(25)22(16)11-26-12)14(23)7-21-6-13-4-19(2,9-21)8-20(3,5-13)10-21/h12-13,16,24H,4-11H2,1-3H3. The summed E-state index contributed by atoms with van der Waals surface area (Å²) in [6, 6.07) is -0.479. The van der Waals surface area contributed by atoms with Gasteiger partial charge in [-0.05, 0) is 67.6 Å². The molecule has 0 spiro atoms. The zero-order valence-corrected chi connectivity index (χ0v) is 16.0. The minimum atomic E-state index is -0.479. The van der Waals surface area contributed by atoms with E-state index >= 15 is 0 Å². The molecule has 5 fully saturated rings. The van der Waals surface area contributed by atoms with Crippen LogP contribution >= 0.6 is 0 Å². The van der Waals surface area contributed by atoms with E-state index < -0.39 is 6.04 Å². The van der Waals surface area contributed by atoms with E-state index in [0.29, 0.717) is 23.2 Å². The molecule has 6 rings (SSSR count). The fourth-order valence-corrected chi connectivity index (χ4v) is 8.15. The second kappa shape index (κ2) is 4.92. The van der Waals surface area contributed by atoms with Gasteiger partial charge in [0.25, 0.3) is 5.91 Å². The first-order valence-electron chi connectivity index (χ1n) is 10.0. The van der Waals surface area contributed by atoms with Gasteiger partial charge >= 0.3 is 0 Å². The van der Waals surface area contributed by atoms with Crippen molar-refractivity contribution in [2.24, 2.45) is 22.2 Å². The summed E-state index contributed by atoms with van der Waals surface area (Å²) in [4.78, 5) is 27.4. The molecule has 1 amide bonds. The first-order chi connectivity index (χ1) is 12.1. The Morgan fingerprint density at radius 2 is 1.85 bits per heavy atom. The molecule has 0 aromatic carbocycles. The Balaban J connectivity index is 1.44. The third-order valence-corrected chi connectivity index (χ3v) is 7.82. The molecule has 2 aliphatic heterocycles. The number of aliphatic hydroxyl groups excluding tert-OH is 1. The van der Waals surface area contributed by atoms with Gasteiger partial charge in [-0.15, -0.1) is 0 Å². The lowest BCUT2D eigenvalue weighted by Crippen LogP contribution is -2.55. The monoisotopic (exact) mass is 359 g/mol. The van der Waals surface area contributed by atoms with Gasteiger partial charge in [0.15, 0.2) is 5.78 Å². The topological polar surface area (TPSA) is 66.8 Å². The van der Waals surface area contributed by atoms with E-state index in [0.717, 1.165) is 19.3 Å². The summed E-state index contributed by atoms with van der Waals surface area (Å²) < 4.78 is 5.45. The molecule has 4 bridgehead atoms. The molecule has 2 heterocycles. The molecular weight excluding hydrogens is 330 g/mol. The first-order valence-corrected chi connectivity index (χ1v) is 10.0. The number of carbonyl (C=O) groups excluding carboxylic acids is 2. The van der Waals surface area contributed by atoms with Crippen LogP contribution in [0.2, 0.25) is 0 Å². The normalized spacial score (nSPS) is 49.3. The van der Waals surface area contributed by atoms with Crippen LogP contribution in [-0.4, -0.2) is 40.6 Å². The Bertz CT molecular complexity index is 722. The van der Waals surface area contributed by atoms with Crippen molar-refractivity contribution in [2.45, 2.75) is 77.9 Å². The average molecular weight is 359 g/mol. The van der Waals surface area contributed by atoms with Gasteiger partial charge in [-0.1, -0.05) is 13.8 Å². The number of fused-ring (bicyclic) bond motifs is 1. The van der Waals surface area contributed by atoms with E-state index in [1.807, 2.05) is 6.92 Å². The van der Waals surface area contributed by atoms with Crippen LogP contribution in [0.3, 0.4) is 0 Å². The smallest absolute Gasteiger partial charge is 0.263 e. The molecule has 4 aliphatic carbocycles. The number of rotatable bonds is 3. The number of ether oxygens (including phenoxy) is 1. The quantitative estimate of drug-likeness (QED) is 0.785. The Morgan fingerprint density at radius 1 is 1.19 bits per heavy atom. The maximum Gasteiger partial charge on any atom is 0.263 e. The van der Waals surface area contributed by atoms with E-state index in [9.17, 15) is 14.7 Å². The van der Waals surface area contributed by atoms with Crippen LogP contribution < -0.4 is 0 Å². The van der Waals surface area contributed by atoms with Crippen molar-refractivity contribution in [1.29, 1.82) is 0 Å². The molecular formula is C21H29NO4. The summed E-state index contributed by atoms with van der Waals surface area (Å²) in [5, 5.41) is 10.6. The Hall–Kier alpha value is -1.36. The summed E-state index contributed by atoms with van der Waals surface area (Å²) in [6.45, 7) is 6.78. The van der Waals surface area contributed by atoms with Gasteiger partial charge in [0, 0.05) is 6.42 Å². The van der Waals surface area contributed by atoms with Crippen LogP contribution in [0.25, 0.3) is 0 Å². The van der Waals surface area contributed by atoms with Crippen LogP contribution in [0, 0.1) is 22.2 Å². The number of amides is 1. The summed E-state index contributed by atoms with van der Waals surface area (Å²) in [5.41, 5.74) is 0.735. The average Bonchev–Trinajstić information content (AvgIpc) is 2.94. The van der Waals surface area contributed by atoms with Crippen LogP contribution in [0.15, 0.2) is 11.3 Å². The third kappa shape index (κ3) is 2.19. The maximum atomic E-state index is 13.2. The van der Waals surface area contributed by atoms with Gasteiger partial charge in [-0.2, -0.15) is 0 Å². The summed E-state index contributed by atoms with van der Waals surface area (Å²) in [5.74, 6) is 0.159. The molecule has 142 valence electrons. The Labute approximate surface area is 154 Å². The number of aliphatic hydroxyl groups is 1.